The maximum absolute atomic E-state index is 4.79. The Morgan fingerprint density at radius 3 is 2.27 bits per heavy atom. The molecule has 2 aromatic rings. The molecule has 0 aliphatic heterocycles. The van der Waals surface area contributed by atoms with Crippen molar-refractivity contribution < 1.29 is 0 Å². The molecule has 1 atom stereocenters. The summed E-state index contributed by atoms with van der Waals surface area (Å²) in [6, 6.07) is 9.05. The maximum Gasteiger partial charge on any atom is 0.131 e. The summed E-state index contributed by atoms with van der Waals surface area (Å²) in [7, 11) is 0. The summed E-state index contributed by atoms with van der Waals surface area (Å²) < 4.78 is 0. The molecule has 1 aromatic carbocycles. The fourth-order valence-electron chi connectivity index (χ4n) is 5.17. The average molecular weight is 447 g/mol. The molecule has 0 spiro atoms. The van der Waals surface area contributed by atoms with E-state index in [2.05, 4.69) is 58.0 Å². The van der Waals surface area contributed by atoms with Crippen molar-refractivity contribution in [2.24, 2.45) is 11.8 Å². The van der Waals surface area contributed by atoms with Crippen LogP contribution in [-0.2, 0) is 6.42 Å². The molecular formula is C31H46N2. The zero-order valence-electron chi connectivity index (χ0n) is 21.7. The summed E-state index contributed by atoms with van der Waals surface area (Å²) in [4.78, 5) is 9.57. The van der Waals surface area contributed by atoms with Crippen molar-refractivity contribution >= 4 is 0 Å². The number of rotatable bonds is 12. The number of aromatic nitrogens is 2. The van der Waals surface area contributed by atoms with E-state index < -0.39 is 0 Å². The minimum atomic E-state index is 0.558. The smallest absolute Gasteiger partial charge is 0.131 e. The van der Waals surface area contributed by atoms with Crippen LogP contribution in [0.25, 0.3) is 11.1 Å². The molecular weight excluding hydrogens is 400 g/mol. The Morgan fingerprint density at radius 1 is 0.939 bits per heavy atom. The van der Waals surface area contributed by atoms with E-state index >= 15 is 0 Å². The van der Waals surface area contributed by atoms with Gasteiger partial charge in [-0.2, -0.15) is 0 Å². The maximum atomic E-state index is 4.79. The van der Waals surface area contributed by atoms with Gasteiger partial charge in [-0.25, -0.2) is 9.97 Å². The number of hydrogen-bond donors (Lipinski definition) is 0. The van der Waals surface area contributed by atoms with Gasteiger partial charge in [0.1, 0.15) is 5.82 Å². The van der Waals surface area contributed by atoms with Crippen molar-refractivity contribution in [3.05, 3.63) is 59.7 Å². The van der Waals surface area contributed by atoms with Crippen LogP contribution in [0.1, 0.15) is 116 Å². The van der Waals surface area contributed by atoms with Crippen molar-refractivity contribution in [2.45, 2.75) is 111 Å². The molecule has 1 aliphatic carbocycles. The summed E-state index contributed by atoms with van der Waals surface area (Å²) in [5.74, 6) is 3.32. The molecule has 1 fully saturated rings. The monoisotopic (exact) mass is 446 g/mol. The zero-order chi connectivity index (χ0) is 23.5. The van der Waals surface area contributed by atoms with Crippen LogP contribution >= 0.6 is 0 Å². The molecule has 0 bridgehead atoms. The summed E-state index contributed by atoms with van der Waals surface area (Å²) in [5.41, 5.74) is 5.22. The van der Waals surface area contributed by atoms with Gasteiger partial charge in [0, 0.05) is 23.9 Å². The highest BCUT2D eigenvalue weighted by atomic mass is 14.9. The first kappa shape index (κ1) is 25.7. The first-order valence-corrected chi connectivity index (χ1v) is 13.6. The number of hydrogen-bond acceptors (Lipinski definition) is 2. The van der Waals surface area contributed by atoms with Crippen LogP contribution < -0.4 is 0 Å². The third-order valence-electron chi connectivity index (χ3n) is 7.52. The lowest BCUT2D eigenvalue weighted by molar-refractivity contribution is 0.297. The summed E-state index contributed by atoms with van der Waals surface area (Å²) in [6.45, 7) is 9.05. The van der Waals surface area contributed by atoms with Gasteiger partial charge in [-0.3, -0.25) is 0 Å². The fourth-order valence-corrected chi connectivity index (χ4v) is 5.17. The topological polar surface area (TPSA) is 25.8 Å². The van der Waals surface area contributed by atoms with Crippen LogP contribution in [0.5, 0.6) is 0 Å². The highest BCUT2D eigenvalue weighted by Crippen LogP contribution is 2.36. The van der Waals surface area contributed by atoms with E-state index in [0.29, 0.717) is 5.92 Å². The van der Waals surface area contributed by atoms with Crippen LogP contribution in [0.2, 0.25) is 0 Å². The third kappa shape index (κ3) is 8.72. The van der Waals surface area contributed by atoms with Crippen LogP contribution in [-0.4, -0.2) is 9.97 Å². The lowest BCUT2D eigenvalue weighted by atomic mass is 9.79. The van der Waals surface area contributed by atoms with Gasteiger partial charge in [-0.1, -0.05) is 75.4 Å². The Morgan fingerprint density at radius 2 is 1.64 bits per heavy atom. The number of benzene rings is 1. The molecule has 0 saturated heterocycles. The number of aryl methyl sites for hydroxylation is 1. The molecule has 1 aromatic heterocycles. The Bertz CT molecular complexity index is 822. The van der Waals surface area contributed by atoms with Crippen molar-refractivity contribution in [3.8, 4) is 11.1 Å². The first-order chi connectivity index (χ1) is 16.0. The summed E-state index contributed by atoms with van der Waals surface area (Å²) >= 11 is 0. The van der Waals surface area contributed by atoms with Crippen LogP contribution in [0.15, 0.2) is 48.3 Å². The Balaban J connectivity index is 1.45. The molecule has 3 rings (SSSR count). The summed E-state index contributed by atoms with van der Waals surface area (Å²) in [6.07, 6.45) is 22.1. The van der Waals surface area contributed by atoms with Gasteiger partial charge >= 0.3 is 0 Å². The predicted octanol–water partition coefficient (Wildman–Crippen LogP) is 9.31. The predicted molar refractivity (Wildman–Crippen MR) is 142 cm³/mol. The molecule has 33 heavy (non-hydrogen) atoms. The highest BCUT2D eigenvalue weighted by molar-refractivity contribution is 5.61. The van der Waals surface area contributed by atoms with Gasteiger partial charge in [0.25, 0.3) is 0 Å². The molecule has 180 valence electrons. The first-order valence-electron chi connectivity index (χ1n) is 13.6. The molecule has 1 saturated carbocycles. The average Bonchev–Trinajstić information content (AvgIpc) is 2.84. The minimum absolute atomic E-state index is 0.558. The van der Waals surface area contributed by atoms with E-state index in [4.69, 9.17) is 9.97 Å². The second-order valence-electron chi connectivity index (χ2n) is 10.7. The zero-order valence-corrected chi connectivity index (χ0v) is 21.7. The molecule has 0 N–H and O–H groups in total. The van der Waals surface area contributed by atoms with Gasteiger partial charge in [-0.05, 0) is 88.2 Å². The molecule has 1 heterocycles. The van der Waals surface area contributed by atoms with E-state index in [1.54, 1.807) is 0 Å². The molecule has 1 aliphatic rings. The van der Waals surface area contributed by atoms with E-state index in [1.165, 1.54) is 87.3 Å². The van der Waals surface area contributed by atoms with Gasteiger partial charge in [0.2, 0.25) is 0 Å². The van der Waals surface area contributed by atoms with Crippen LogP contribution in [0.3, 0.4) is 0 Å². The lowest BCUT2D eigenvalue weighted by Gasteiger charge is -2.27. The molecule has 0 amide bonds. The van der Waals surface area contributed by atoms with Gasteiger partial charge in [-0.15, -0.1) is 0 Å². The highest BCUT2D eigenvalue weighted by Gasteiger charge is 2.23. The Labute approximate surface area is 203 Å². The van der Waals surface area contributed by atoms with Crippen LogP contribution in [0.4, 0.5) is 0 Å². The van der Waals surface area contributed by atoms with Crippen molar-refractivity contribution in [3.63, 3.8) is 0 Å². The second-order valence-corrected chi connectivity index (χ2v) is 10.7. The Hall–Kier alpha value is -1.96. The quantitative estimate of drug-likeness (QED) is 0.240. The van der Waals surface area contributed by atoms with Crippen molar-refractivity contribution in [1.82, 2.24) is 9.97 Å². The van der Waals surface area contributed by atoms with E-state index in [9.17, 15) is 0 Å². The second kappa shape index (κ2) is 13.7. The normalized spacial score (nSPS) is 19.3. The minimum Gasteiger partial charge on any atom is -0.240 e. The van der Waals surface area contributed by atoms with Gasteiger partial charge in [0.15, 0.2) is 0 Å². The fraction of sp³-hybridized carbons (Fsp3) is 0.613. The molecule has 0 unspecified atom stereocenters. The Kier molecular flexibility index (Phi) is 10.6. The lowest BCUT2D eigenvalue weighted by Crippen LogP contribution is -2.15. The standard InChI is InChI=1S/C31H46N2/c1-5-6-7-11-26-16-20-29(21-17-26)31-32-22-30(23-33-31)28-18-14-27(15-19-28)13-12-25(4)10-8-9-24(2)3/h9,14-15,18-19,22-23,25-26,29H,5-8,10-13,16-17,20-21H2,1-4H3/t25-,26?,29?/m0/s1. The number of nitrogens with zero attached hydrogens (tertiary/aromatic N) is 2. The third-order valence-corrected chi connectivity index (χ3v) is 7.52. The number of allylic oxidation sites excluding steroid dienone is 2. The van der Waals surface area contributed by atoms with Crippen LogP contribution in [0, 0.1) is 11.8 Å². The molecule has 2 heteroatoms. The van der Waals surface area contributed by atoms with Gasteiger partial charge < -0.3 is 0 Å². The molecule has 2 nitrogen and oxygen atoms in total. The van der Waals surface area contributed by atoms with Crippen molar-refractivity contribution in [2.75, 3.05) is 0 Å². The largest absolute Gasteiger partial charge is 0.240 e. The van der Waals surface area contributed by atoms with Crippen molar-refractivity contribution in [1.29, 1.82) is 0 Å². The van der Waals surface area contributed by atoms with E-state index in [-0.39, 0.29) is 0 Å². The molecule has 0 radical (unpaired) electrons. The van der Waals surface area contributed by atoms with E-state index in [0.717, 1.165) is 29.6 Å². The SMILES string of the molecule is CCCCCC1CCC(c2ncc(-c3ccc(CC[C@@H](C)CCC=C(C)C)cc3)cn2)CC1. The number of unbranched alkanes of at least 4 members (excludes halogenated alkanes) is 2. The van der Waals surface area contributed by atoms with E-state index in [1.807, 2.05) is 12.4 Å². The summed E-state index contributed by atoms with van der Waals surface area (Å²) in [5, 5.41) is 0. The van der Waals surface area contributed by atoms with Gasteiger partial charge in [0.05, 0.1) is 0 Å².